The molecular weight excluding hydrogens is 242 g/mol. The van der Waals surface area contributed by atoms with E-state index in [-0.39, 0.29) is 5.91 Å². The molecule has 19 heavy (non-hydrogen) atoms. The quantitative estimate of drug-likeness (QED) is 0.852. The number of nitrogens with zero attached hydrogens (tertiary/aromatic N) is 3. The molecule has 0 spiro atoms. The lowest BCUT2D eigenvalue weighted by molar-refractivity contribution is 0.0957. The number of amides is 1. The molecule has 100 valence electrons. The Kier molecular flexibility index (Phi) is 4.12. The molecule has 2 aromatic rings. The van der Waals surface area contributed by atoms with Gasteiger partial charge >= 0.3 is 0 Å². The lowest BCUT2D eigenvalue weighted by Gasteiger charge is -2.06. The molecule has 0 bridgehead atoms. The van der Waals surface area contributed by atoms with Crippen LogP contribution >= 0.6 is 0 Å². The van der Waals surface area contributed by atoms with Gasteiger partial charge in [0.1, 0.15) is 5.82 Å². The van der Waals surface area contributed by atoms with Gasteiger partial charge in [-0.15, -0.1) is 0 Å². The van der Waals surface area contributed by atoms with Crippen molar-refractivity contribution in [2.24, 2.45) is 0 Å². The van der Waals surface area contributed by atoms with Gasteiger partial charge in [-0.3, -0.25) is 4.79 Å². The van der Waals surface area contributed by atoms with Crippen LogP contribution in [0, 0.1) is 0 Å². The highest BCUT2D eigenvalue weighted by molar-refractivity contribution is 5.91. The van der Waals surface area contributed by atoms with Gasteiger partial charge in [0, 0.05) is 19.8 Å². The first-order valence-electron chi connectivity index (χ1n) is 6.23. The van der Waals surface area contributed by atoms with Crippen molar-refractivity contribution in [3.8, 4) is 5.82 Å². The van der Waals surface area contributed by atoms with Gasteiger partial charge in [-0.2, -0.15) is 5.10 Å². The Bertz CT molecular complexity index is 564. The average molecular weight is 259 g/mol. The first-order chi connectivity index (χ1) is 9.24. The maximum atomic E-state index is 11.4. The highest BCUT2D eigenvalue weighted by Gasteiger charge is 2.08. The van der Waals surface area contributed by atoms with E-state index in [1.54, 1.807) is 24.0 Å². The van der Waals surface area contributed by atoms with Crippen molar-refractivity contribution < 1.29 is 4.79 Å². The van der Waals surface area contributed by atoms with E-state index in [9.17, 15) is 4.79 Å². The summed E-state index contributed by atoms with van der Waals surface area (Å²) >= 11 is 0. The molecule has 1 amide bonds. The fraction of sp³-hybridized carbons (Fsp3) is 0.308. The zero-order chi connectivity index (χ0) is 13.7. The van der Waals surface area contributed by atoms with E-state index >= 15 is 0 Å². The molecule has 0 saturated carbocycles. The molecule has 0 saturated heterocycles. The van der Waals surface area contributed by atoms with Crippen LogP contribution in [0.4, 0.5) is 5.82 Å². The first-order valence-corrected chi connectivity index (χ1v) is 6.23. The highest BCUT2D eigenvalue weighted by Crippen LogP contribution is 2.09. The van der Waals surface area contributed by atoms with Crippen molar-refractivity contribution in [2.45, 2.75) is 13.3 Å². The number of pyridine rings is 1. The largest absolute Gasteiger partial charge is 0.370 e. The molecule has 6 nitrogen and oxygen atoms in total. The Hall–Kier alpha value is -2.37. The van der Waals surface area contributed by atoms with Crippen LogP contribution in [0.3, 0.4) is 0 Å². The lowest BCUT2D eigenvalue weighted by atomic mass is 10.4. The second-order valence-electron chi connectivity index (χ2n) is 4.03. The number of carbonyl (C=O) groups is 1. The number of hydrogen-bond acceptors (Lipinski definition) is 4. The van der Waals surface area contributed by atoms with Crippen molar-refractivity contribution in [1.82, 2.24) is 20.1 Å². The van der Waals surface area contributed by atoms with Crippen molar-refractivity contribution in [1.29, 1.82) is 0 Å². The lowest BCUT2D eigenvalue weighted by Crippen LogP contribution is -2.18. The van der Waals surface area contributed by atoms with E-state index in [4.69, 9.17) is 0 Å². The summed E-state index contributed by atoms with van der Waals surface area (Å²) in [6.07, 6.45) is 2.75. The molecule has 0 fully saturated rings. The monoisotopic (exact) mass is 259 g/mol. The zero-order valence-electron chi connectivity index (χ0n) is 11.1. The number of nitrogens with one attached hydrogen (secondary N) is 2. The minimum absolute atomic E-state index is 0.209. The van der Waals surface area contributed by atoms with E-state index in [1.165, 1.54) is 0 Å². The summed E-state index contributed by atoms with van der Waals surface area (Å²) in [6, 6.07) is 7.31. The van der Waals surface area contributed by atoms with E-state index in [2.05, 4.69) is 27.6 Å². The Morgan fingerprint density at radius 3 is 2.95 bits per heavy atom. The van der Waals surface area contributed by atoms with Crippen LogP contribution in [0.2, 0.25) is 0 Å². The van der Waals surface area contributed by atoms with Gasteiger partial charge in [-0.1, -0.05) is 13.0 Å². The summed E-state index contributed by atoms with van der Waals surface area (Å²) in [5, 5.41) is 9.94. The molecule has 0 aliphatic carbocycles. The third kappa shape index (κ3) is 3.09. The molecule has 0 radical (unpaired) electrons. The van der Waals surface area contributed by atoms with Crippen LogP contribution in [-0.2, 0) is 0 Å². The standard InChI is InChI=1S/C13H17N5O/c1-3-8-15-11-5-4-6-12(16-11)18-9-7-10(17-18)13(19)14-2/h4-7,9H,3,8H2,1-2H3,(H,14,19)(H,15,16). The molecule has 2 heterocycles. The molecule has 2 rings (SSSR count). The van der Waals surface area contributed by atoms with Crippen LogP contribution in [0.1, 0.15) is 23.8 Å². The third-order valence-electron chi connectivity index (χ3n) is 2.57. The Labute approximate surface area is 111 Å². The third-order valence-corrected chi connectivity index (χ3v) is 2.57. The molecule has 0 aromatic carbocycles. The Morgan fingerprint density at radius 1 is 1.37 bits per heavy atom. The van der Waals surface area contributed by atoms with Gasteiger partial charge in [-0.05, 0) is 24.6 Å². The van der Waals surface area contributed by atoms with Gasteiger partial charge in [-0.25, -0.2) is 9.67 Å². The maximum absolute atomic E-state index is 11.4. The Morgan fingerprint density at radius 2 is 2.21 bits per heavy atom. The van der Waals surface area contributed by atoms with Crippen LogP contribution in [0.25, 0.3) is 5.82 Å². The van der Waals surface area contributed by atoms with Gasteiger partial charge in [0.05, 0.1) is 0 Å². The molecule has 0 aliphatic rings. The van der Waals surface area contributed by atoms with E-state index in [0.717, 1.165) is 18.8 Å². The number of rotatable bonds is 5. The van der Waals surface area contributed by atoms with Crippen molar-refractivity contribution >= 4 is 11.7 Å². The molecule has 2 N–H and O–H groups in total. The molecule has 0 atom stereocenters. The van der Waals surface area contributed by atoms with E-state index in [1.807, 2.05) is 18.2 Å². The van der Waals surface area contributed by atoms with Gasteiger partial charge in [0.2, 0.25) is 0 Å². The van der Waals surface area contributed by atoms with Crippen LogP contribution in [0.5, 0.6) is 0 Å². The van der Waals surface area contributed by atoms with Crippen LogP contribution < -0.4 is 10.6 Å². The second kappa shape index (κ2) is 5.99. The topological polar surface area (TPSA) is 71.8 Å². The Balaban J connectivity index is 2.21. The summed E-state index contributed by atoms with van der Waals surface area (Å²) in [5.41, 5.74) is 0.372. The van der Waals surface area contributed by atoms with Gasteiger partial charge < -0.3 is 10.6 Å². The predicted octanol–water partition coefficient (Wildman–Crippen LogP) is 1.45. The predicted molar refractivity (Wildman–Crippen MR) is 73.5 cm³/mol. The van der Waals surface area contributed by atoms with E-state index < -0.39 is 0 Å². The van der Waals surface area contributed by atoms with Gasteiger partial charge in [0.15, 0.2) is 11.5 Å². The van der Waals surface area contributed by atoms with E-state index in [0.29, 0.717) is 11.5 Å². The fourth-order valence-corrected chi connectivity index (χ4v) is 1.60. The highest BCUT2D eigenvalue weighted by atomic mass is 16.1. The SMILES string of the molecule is CCCNc1cccc(-n2ccc(C(=O)NC)n2)n1. The van der Waals surface area contributed by atoms with Crippen LogP contribution in [0.15, 0.2) is 30.5 Å². The number of carbonyl (C=O) groups excluding carboxylic acids is 1. The zero-order valence-corrected chi connectivity index (χ0v) is 11.1. The molecule has 6 heteroatoms. The summed E-state index contributed by atoms with van der Waals surface area (Å²) < 4.78 is 1.59. The summed E-state index contributed by atoms with van der Waals surface area (Å²) in [4.78, 5) is 15.9. The fourth-order valence-electron chi connectivity index (χ4n) is 1.60. The van der Waals surface area contributed by atoms with Gasteiger partial charge in [0.25, 0.3) is 5.91 Å². The molecular formula is C13H17N5O. The maximum Gasteiger partial charge on any atom is 0.271 e. The number of hydrogen-bond donors (Lipinski definition) is 2. The molecule has 2 aromatic heterocycles. The summed E-state index contributed by atoms with van der Waals surface area (Å²) in [5.74, 6) is 1.27. The minimum atomic E-state index is -0.209. The summed E-state index contributed by atoms with van der Waals surface area (Å²) in [6.45, 7) is 2.97. The van der Waals surface area contributed by atoms with Crippen molar-refractivity contribution in [3.63, 3.8) is 0 Å². The normalized spacial score (nSPS) is 10.2. The van der Waals surface area contributed by atoms with Crippen molar-refractivity contribution in [2.75, 3.05) is 18.9 Å². The average Bonchev–Trinajstić information content (AvgIpc) is 2.94. The summed E-state index contributed by atoms with van der Waals surface area (Å²) in [7, 11) is 1.58. The first kappa shape index (κ1) is 13.1. The van der Waals surface area contributed by atoms with Crippen molar-refractivity contribution in [3.05, 3.63) is 36.2 Å². The second-order valence-corrected chi connectivity index (χ2v) is 4.03. The number of aromatic nitrogens is 3. The molecule has 0 aliphatic heterocycles. The minimum Gasteiger partial charge on any atom is -0.370 e. The molecule has 0 unspecified atom stereocenters. The smallest absolute Gasteiger partial charge is 0.271 e. The number of anilines is 1. The van der Waals surface area contributed by atoms with Crippen LogP contribution in [-0.4, -0.2) is 34.3 Å².